The predicted octanol–water partition coefficient (Wildman–Crippen LogP) is 5.58. The predicted molar refractivity (Wildman–Crippen MR) is 145 cm³/mol. The Kier molecular flexibility index (Phi) is 9.02. The van der Waals surface area contributed by atoms with Crippen LogP contribution in [0, 0.1) is 11.2 Å². The van der Waals surface area contributed by atoms with E-state index in [4.69, 9.17) is 28.2 Å². The van der Waals surface area contributed by atoms with Gasteiger partial charge in [0.2, 0.25) is 0 Å². The van der Waals surface area contributed by atoms with Gasteiger partial charge in [-0.3, -0.25) is 4.79 Å². The number of nitrogens with one attached hydrogen (secondary N) is 1. The Hall–Kier alpha value is -2.91. The average molecular weight is 552 g/mol. The molecule has 0 unspecified atom stereocenters. The standard InChI is InChI=1S/C26H32Cl2FN5O3/c1-15-13-34(25(36)37)16(2)12-33(15)24(31-21(35)11-27)18-10-19(28)22(17-8-6-7-9-20(17)29)32-23(18)30-14-26(3,4)5/h6-10,15-16H,11-14H2,1-5H3,(H,30,32)(H,36,37)/t15-,16+/m0/s1. The number of hydrogen-bond acceptors (Lipinski definition) is 4. The van der Waals surface area contributed by atoms with Crippen molar-refractivity contribution in [2.24, 2.45) is 10.4 Å². The third kappa shape index (κ3) is 6.90. The van der Waals surface area contributed by atoms with Gasteiger partial charge in [-0.25, -0.2) is 14.2 Å². The van der Waals surface area contributed by atoms with Crippen LogP contribution in [0.4, 0.5) is 15.0 Å². The molecular weight excluding hydrogens is 520 g/mol. The lowest BCUT2D eigenvalue weighted by molar-refractivity contribution is -0.115. The molecule has 1 aliphatic rings. The summed E-state index contributed by atoms with van der Waals surface area (Å²) >= 11 is 12.5. The quantitative estimate of drug-likeness (QED) is 0.286. The van der Waals surface area contributed by atoms with Crippen LogP contribution in [0.15, 0.2) is 35.3 Å². The highest BCUT2D eigenvalue weighted by molar-refractivity contribution is 6.34. The first kappa shape index (κ1) is 28.7. The zero-order valence-electron chi connectivity index (χ0n) is 21.6. The van der Waals surface area contributed by atoms with Crippen LogP contribution in [0.25, 0.3) is 11.3 Å². The molecule has 0 spiro atoms. The number of benzene rings is 1. The fraction of sp³-hybridized carbons (Fsp3) is 0.462. The summed E-state index contributed by atoms with van der Waals surface area (Å²) in [5.41, 5.74) is 0.801. The number of anilines is 1. The third-order valence-corrected chi connectivity index (χ3v) is 6.50. The topological polar surface area (TPSA) is 98.1 Å². The molecule has 11 heteroatoms. The molecule has 1 aliphatic heterocycles. The Labute approximate surface area is 226 Å². The maximum Gasteiger partial charge on any atom is 0.407 e. The zero-order chi connectivity index (χ0) is 27.5. The maximum atomic E-state index is 14.7. The number of aliphatic imine (C=N–C) groups is 1. The van der Waals surface area contributed by atoms with Gasteiger partial charge < -0.3 is 20.2 Å². The number of carbonyl (C=O) groups excluding carboxylic acids is 1. The minimum atomic E-state index is -1.01. The van der Waals surface area contributed by atoms with Crippen LogP contribution in [0.5, 0.6) is 0 Å². The second-order valence-corrected chi connectivity index (χ2v) is 11.0. The molecule has 0 bridgehead atoms. The molecule has 1 aromatic carbocycles. The number of aromatic nitrogens is 1. The van der Waals surface area contributed by atoms with Crippen LogP contribution in [-0.2, 0) is 4.79 Å². The number of hydrogen-bond donors (Lipinski definition) is 2. The minimum absolute atomic E-state index is 0.130. The molecule has 8 nitrogen and oxygen atoms in total. The summed E-state index contributed by atoms with van der Waals surface area (Å²) in [6.07, 6.45) is -1.01. The molecule has 1 fully saturated rings. The van der Waals surface area contributed by atoms with Crippen molar-refractivity contribution in [3.8, 4) is 11.3 Å². The Morgan fingerprint density at radius 2 is 1.81 bits per heavy atom. The first-order chi connectivity index (χ1) is 17.3. The lowest BCUT2D eigenvalue weighted by atomic mass is 9.97. The summed E-state index contributed by atoms with van der Waals surface area (Å²) < 4.78 is 14.7. The molecule has 3 rings (SSSR count). The molecule has 2 aromatic rings. The molecule has 0 aliphatic carbocycles. The highest BCUT2D eigenvalue weighted by Crippen LogP contribution is 2.34. The summed E-state index contributed by atoms with van der Waals surface area (Å²) in [5, 5.41) is 13.1. The van der Waals surface area contributed by atoms with Gasteiger partial charge in [0, 0.05) is 37.3 Å². The van der Waals surface area contributed by atoms with E-state index in [2.05, 4.69) is 10.3 Å². The van der Waals surface area contributed by atoms with E-state index in [1.807, 2.05) is 32.6 Å². The van der Waals surface area contributed by atoms with Crippen molar-refractivity contribution in [3.05, 3.63) is 46.7 Å². The van der Waals surface area contributed by atoms with Crippen molar-refractivity contribution < 1.29 is 19.1 Å². The summed E-state index contributed by atoms with van der Waals surface area (Å²) in [6, 6.07) is 7.15. The number of alkyl halides is 1. The van der Waals surface area contributed by atoms with E-state index in [0.29, 0.717) is 17.9 Å². The highest BCUT2D eigenvalue weighted by atomic mass is 35.5. The van der Waals surface area contributed by atoms with Gasteiger partial charge in [-0.15, -0.1) is 11.6 Å². The lowest BCUT2D eigenvalue weighted by Gasteiger charge is -2.44. The normalized spacial score (nSPS) is 18.6. The number of piperazine rings is 1. The van der Waals surface area contributed by atoms with Crippen LogP contribution in [0.2, 0.25) is 5.02 Å². The Bertz CT molecular complexity index is 1200. The zero-order valence-corrected chi connectivity index (χ0v) is 23.1. The molecule has 2 amide bonds. The number of amidine groups is 1. The highest BCUT2D eigenvalue weighted by Gasteiger charge is 2.35. The van der Waals surface area contributed by atoms with Gasteiger partial charge in [0.25, 0.3) is 5.91 Å². The van der Waals surface area contributed by atoms with Crippen molar-refractivity contribution in [1.29, 1.82) is 0 Å². The number of pyridine rings is 1. The van der Waals surface area contributed by atoms with Crippen LogP contribution < -0.4 is 5.32 Å². The number of halogens is 3. The number of nitrogens with zero attached hydrogens (tertiary/aromatic N) is 4. The molecule has 0 saturated carbocycles. The molecule has 2 N–H and O–H groups in total. The van der Waals surface area contributed by atoms with E-state index in [0.717, 1.165) is 0 Å². The molecule has 2 heterocycles. The van der Waals surface area contributed by atoms with E-state index in [9.17, 15) is 19.1 Å². The number of carbonyl (C=O) groups is 2. The SMILES string of the molecule is C[C@@H]1CN(C(=NC(=O)CCl)c2cc(Cl)c(-c3ccccc3F)nc2NCC(C)(C)C)[C@@H](C)CN1C(=O)O. The van der Waals surface area contributed by atoms with Crippen molar-refractivity contribution in [2.75, 3.05) is 30.8 Å². The molecule has 1 saturated heterocycles. The second kappa shape index (κ2) is 11.6. The van der Waals surface area contributed by atoms with E-state index in [1.54, 1.807) is 31.2 Å². The molecule has 37 heavy (non-hydrogen) atoms. The van der Waals surface area contributed by atoms with E-state index in [-0.39, 0.29) is 58.6 Å². The fourth-order valence-corrected chi connectivity index (χ4v) is 4.41. The minimum Gasteiger partial charge on any atom is -0.465 e. The largest absolute Gasteiger partial charge is 0.465 e. The van der Waals surface area contributed by atoms with Crippen molar-refractivity contribution >= 4 is 46.9 Å². The van der Waals surface area contributed by atoms with Crippen LogP contribution in [-0.4, -0.2) is 75.3 Å². The number of amides is 2. The molecular formula is C26H32Cl2FN5O3. The molecule has 1 aromatic heterocycles. The summed E-state index contributed by atoms with van der Waals surface area (Å²) in [5.74, 6) is -0.708. The second-order valence-electron chi connectivity index (χ2n) is 10.4. The van der Waals surface area contributed by atoms with E-state index >= 15 is 0 Å². The molecule has 200 valence electrons. The van der Waals surface area contributed by atoms with E-state index in [1.165, 1.54) is 11.0 Å². The van der Waals surface area contributed by atoms with Crippen LogP contribution in [0.1, 0.15) is 40.2 Å². The Morgan fingerprint density at radius 1 is 1.19 bits per heavy atom. The summed E-state index contributed by atoms with van der Waals surface area (Å²) in [6.45, 7) is 10.8. The summed E-state index contributed by atoms with van der Waals surface area (Å²) in [4.78, 5) is 36.4. The Morgan fingerprint density at radius 3 is 2.41 bits per heavy atom. The fourth-order valence-electron chi connectivity index (χ4n) is 4.10. The third-order valence-electron chi connectivity index (χ3n) is 5.98. The van der Waals surface area contributed by atoms with Gasteiger partial charge in [-0.2, -0.15) is 4.99 Å². The molecule has 2 atom stereocenters. The monoisotopic (exact) mass is 551 g/mol. The van der Waals surface area contributed by atoms with Crippen molar-refractivity contribution in [3.63, 3.8) is 0 Å². The van der Waals surface area contributed by atoms with Gasteiger partial charge in [0.05, 0.1) is 16.3 Å². The number of carboxylic acid groups (broad SMARTS) is 1. The van der Waals surface area contributed by atoms with Gasteiger partial charge in [0.15, 0.2) is 0 Å². The van der Waals surface area contributed by atoms with Crippen LogP contribution >= 0.6 is 23.2 Å². The smallest absolute Gasteiger partial charge is 0.407 e. The summed E-state index contributed by atoms with van der Waals surface area (Å²) in [7, 11) is 0. The van der Waals surface area contributed by atoms with Crippen molar-refractivity contribution in [1.82, 2.24) is 14.8 Å². The van der Waals surface area contributed by atoms with Gasteiger partial charge >= 0.3 is 6.09 Å². The van der Waals surface area contributed by atoms with Crippen LogP contribution in [0.3, 0.4) is 0 Å². The lowest BCUT2D eigenvalue weighted by Crippen LogP contribution is -2.59. The van der Waals surface area contributed by atoms with Gasteiger partial charge in [0.1, 0.15) is 23.4 Å². The van der Waals surface area contributed by atoms with Gasteiger partial charge in [-0.1, -0.05) is 44.5 Å². The first-order valence-corrected chi connectivity index (χ1v) is 12.9. The number of rotatable bonds is 5. The Balaban J connectivity index is 2.19. The first-order valence-electron chi connectivity index (χ1n) is 12.0. The molecule has 0 radical (unpaired) electrons. The van der Waals surface area contributed by atoms with E-state index < -0.39 is 17.8 Å². The average Bonchev–Trinajstić information content (AvgIpc) is 2.82. The van der Waals surface area contributed by atoms with Crippen molar-refractivity contribution in [2.45, 2.75) is 46.7 Å². The maximum absolute atomic E-state index is 14.7. The van der Waals surface area contributed by atoms with Gasteiger partial charge in [-0.05, 0) is 37.5 Å².